The number of aliphatic imine (C=N–C) groups is 1. The molecular formula is C13H28N2O2Si. The van der Waals surface area contributed by atoms with E-state index in [4.69, 9.17) is 0 Å². The van der Waals surface area contributed by atoms with Crippen molar-refractivity contribution in [3.63, 3.8) is 0 Å². The lowest BCUT2D eigenvalue weighted by atomic mass is 9.97. The van der Waals surface area contributed by atoms with Crippen molar-refractivity contribution < 1.29 is 9.59 Å². The van der Waals surface area contributed by atoms with Crippen LogP contribution in [0.4, 0.5) is 0 Å². The third kappa shape index (κ3) is 4.90. The second kappa shape index (κ2) is 5.97. The number of amidine groups is 1. The van der Waals surface area contributed by atoms with E-state index in [-0.39, 0.29) is 16.9 Å². The molecule has 1 amide bonds. The molecule has 0 aliphatic heterocycles. The molecule has 5 heteroatoms. The van der Waals surface area contributed by atoms with Gasteiger partial charge in [0.05, 0.1) is 0 Å². The molecule has 1 N–H and O–H groups in total. The van der Waals surface area contributed by atoms with Gasteiger partial charge >= 0.3 is 0 Å². The molecule has 0 rings (SSSR count). The van der Waals surface area contributed by atoms with Crippen LogP contribution in [0.2, 0.25) is 18.1 Å². The second-order valence-corrected chi connectivity index (χ2v) is 10.9. The van der Waals surface area contributed by atoms with Crippen LogP contribution in [0.5, 0.6) is 0 Å². The van der Waals surface area contributed by atoms with Crippen LogP contribution in [0.1, 0.15) is 34.1 Å². The normalized spacial score (nSPS) is 15.5. The van der Waals surface area contributed by atoms with Crippen LogP contribution in [0.3, 0.4) is 0 Å². The molecule has 106 valence electrons. The summed E-state index contributed by atoms with van der Waals surface area (Å²) in [5, 5.41) is -0.191. The van der Waals surface area contributed by atoms with Gasteiger partial charge in [0.1, 0.15) is 5.84 Å². The Labute approximate surface area is 112 Å². The molecule has 0 bridgehead atoms. The second-order valence-electron chi connectivity index (χ2n) is 6.44. The van der Waals surface area contributed by atoms with E-state index in [1.807, 2.05) is 59.8 Å². The summed E-state index contributed by atoms with van der Waals surface area (Å²) in [6, 6.07) is 0. The van der Waals surface area contributed by atoms with Gasteiger partial charge in [0.2, 0.25) is 5.91 Å². The molecule has 0 saturated carbocycles. The summed E-state index contributed by atoms with van der Waals surface area (Å²) >= 11 is 0. The SMILES string of the molecule is C/C(=N\C(=O)[C@H](C)CC(C)(C)[Si](C)(C)O)N(C)C. The van der Waals surface area contributed by atoms with Gasteiger partial charge in [-0.15, -0.1) is 0 Å². The molecule has 0 heterocycles. The van der Waals surface area contributed by atoms with Crippen molar-refractivity contribution in [2.45, 2.75) is 52.2 Å². The highest BCUT2D eigenvalue weighted by molar-refractivity contribution is 6.72. The highest BCUT2D eigenvalue weighted by Crippen LogP contribution is 2.41. The first-order chi connectivity index (χ1) is 7.88. The van der Waals surface area contributed by atoms with Gasteiger partial charge in [-0.25, -0.2) is 4.99 Å². The molecule has 0 aromatic heterocycles. The zero-order valence-corrected chi connectivity index (χ0v) is 14.0. The van der Waals surface area contributed by atoms with Crippen molar-refractivity contribution in [2.24, 2.45) is 10.9 Å². The molecule has 0 fully saturated rings. The maximum absolute atomic E-state index is 12.0. The molecule has 0 spiro atoms. The Morgan fingerprint density at radius 3 is 2.17 bits per heavy atom. The minimum Gasteiger partial charge on any atom is -0.432 e. The quantitative estimate of drug-likeness (QED) is 0.486. The van der Waals surface area contributed by atoms with Crippen molar-refractivity contribution in [3.05, 3.63) is 0 Å². The first-order valence-corrected chi connectivity index (χ1v) is 9.32. The summed E-state index contributed by atoms with van der Waals surface area (Å²) in [6.45, 7) is 11.6. The molecule has 18 heavy (non-hydrogen) atoms. The smallest absolute Gasteiger partial charge is 0.250 e. The fourth-order valence-corrected chi connectivity index (χ4v) is 2.28. The number of hydrogen-bond acceptors (Lipinski definition) is 2. The first kappa shape index (κ1) is 17.3. The summed E-state index contributed by atoms with van der Waals surface area (Å²) in [5.41, 5.74) is 0. The maximum Gasteiger partial charge on any atom is 0.250 e. The van der Waals surface area contributed by atoms with Gasteiger partial charge in [0, 0.05) is 20.0 Å². The Hall–Kier alpha value is -0.683. The average molecular weight is 272 g/mol. The number of nitrogens with zero attached hydrogens (tertiary/aromatic N) is 2. The monoisotopic (exact) mass is 272 g/mol. The van der Waals surface area contributed by atoms with Gasteiger partial charge < -0.3 is 9.70 Å². The van der Waals surface area contributed by atoms with E-state index in [0.717, 1.165) is 0 Å². The maximum atomic E-state index is 12.0. The van der Waals surface area contributed by atoms with E-state index in [1.54, 1.807) is 0 Å². The Morgan fingerprint density at radius 2 is 1.83 bits per heavy atom. The topological polar surface area (TPSA) is 52.9 Å². The van der Waals surface area contributed by atoms with Crippen LogP contribution >= 0.6 is 0 Å². The number of carbonyl (C=O) groups is 1. The van der Waals surface area contributed by atoms with Crippen LogP contribution in [0.15, 0.2) is 4.99 Å². The Bertz CT molecular complexity index is 330. The molecule has 0 unspecified atom stereocenters. The number of carbonyl (C=O) groups excluding carboxylic acids is 1. The zero-order chi connectivity index (χ0) is 14.7. The minimum atomic E-state index is -2.27. The van der Waals surface area contributed by atoms with Gasteiger partial charge in [0.25, 0.3) is 0 Å². The van der Waals surface area contributed by atoms with Gasteiger partial charge in [0.15, 0.2) is 8.32 Å². The standard InChI is InChI=1S/C13H28N2O2Si/c1-10(9-13(3,4)18(7,8)17)12(16)14-11(2)15(5)6/h10,17H,9H2,1-8H3/b14-11+/t10-/m1/s1. The molecule has 0 aliphatic carbocycles. The van der Waals surface area contributed by atoms with Crippen LogP contribution in [-0.2, 0) is 4.79 Å². The third-order valence-electron chi connectivity index (χ3n) is 3.81. The van der Waals surface area contributed by atoms with E-state index in [1.165, 1.54) is 0 Å². The van der Waals surface area contributed by atoms with Crippen molar-refractivity contribution >= 4 is 20.1 Å². The lowest BCUT2D eigenvalue weighted by Gasteiger charge is -2.36. The van der Waals surface area contributed by atoms with E-state index in [9.17, 15) is 9.59 Å². The third-order valence-corrected chi connectivity index (χ3v) is 7.33. The molecule has 0 aromatic rings. The Kier molecular flexibility index (Phi) is 5.75. The van der Waals surface area contributed by atoms with Crippen LogP contribution in [0.25, 0.3) is 0 Å². The highest BCUT2D eigenvalue weighted by Gasteiger charge is 2.39. The number of hydrogen-bond donors (Lipinski definition) is 1. The summed E-state index contributed by atoms with van der Waals surface area (Å²) in [5.74, 6) is 0.450. The Balaban J connectivity index is 4.75. The fourth-order valence-electron chi connectivity index (χ4n) is 1.47. The van der Waals surface area contributed by atoms with E-state index < -0.39 is 8.32 Å². The molecule has 1 atom stereocenters. The largest absolute Gasteiger partial charge is 0.432 e. The van der Waals surface area contributed by atoms with Gasteiger partial charge in [-0.05, 0) is 31.5 Å². The van der Waals surface area contributed by atoms with Crippen molar-refractivity contribution in [1.82, 2.24) is 4.90 Å². The van der Waals surface area contributed by atoms with Gasteiger partial charge in [-0.3, -0.25) is 4.79 Å². The van der Waals surface area contributed by atoms with Crippen LogP contribution in [-0.4, -0.2) is 43.9 Å². The Morgan fingerprint density at radius 1 is 1.39 bits per heavy atom. The fraction of sp³-hybridized carbons (Fsp3) is 0.846. The lowest BCUT2D eigenvalue weighted by Crippen LogP contribution is -2.40. The van der Waals surface area contributed by atoms with Gasteiger partial charge in [-0.2, -0.15) is 0 Å². The molecular weight excluding hydrogens is 244 g/mol. The predicted octanol–water partition coefficient (Wildman–Crippen LogP) is 2.50. The molecule has 4 nitrogen and oxygen atoms in total. The molecule has 0 radical (unpaired) electrons. The van der Waals surface area contributed by atoms with E-state index in [2.05, 4.69) is 4.99 Å². The van der Waals surface area contributed by atoms with Crippen LogP contribution < -0.4 is 0 Å². The van der Waals surface area contributed by atoms with Crippen LogP contribution in [0, 0.1) is 5.92 Å². The summed E-state index contributed by atoms with van der Waals surface area (Å²) < 4.78 is 0. The van der Waals surface area contributed by atoms with E-state index in [0.29, 0.717) is 12.3 Å². The molecule has 0 aromatic carbocycles. The first-order valence-electron chi connectivity index (χ1n) is 6.37. The van der Waals surface area contributed by atoms with Gasteiger partial charge in [-0.1, -0.05) is 20.8 Å². The van der Waals surface area contributed by atoms with Crippen molar-refractivity contribution in [2.75, 3.05) is 14.1 Å². The summed E-state index contributed by atoms with van der Waals surface area (Å²) in [6.07, 6.45) is 0.672. The van der Waals surface area contributed by atoms with Crippen molar-refractivity contribution in [3.8, 4) is 0 Å². The minimum absolute atomic E-state index is 0.104. The van der Waals surface area contributed by atoms with Crippen molar-refractivity contribution in [1.29, 1.82) is 0 Å². The number of amides is 1. The lowest BCUT2D eigenvalue weighted by molar-refractivity contribution is -0.121. The zero-order valence-electron chi connectivity index (χ0n) is 13.0. The summed E-state index contributed by atoms with van der Waals surface area (Å²) in [7, 11) is 1.46. The molecule has 0 aliphatic rings. The predicted molar refractivity (Wildman–Crippen MR) is 79.3 cm³/mol. The highest BCUT2D eigenvalue weighted by atomic mass is 28.4. The van der Waals surface area contributed by atoms with E-state index >= 15 is 0 Å². The average Bonchev–Trinajstić information content (AvgIpc) is 2.14. The number of rotatable bonds is 4. The summed E-state index contributed by atoms with van der Waals surface area (Å²) in [4.78, 5) is 28.1. The molecule has 0 saturated heterocycles.